The van der Waals surface area contributed by atoms with Gasteiger partial charge in [-0.2, -0.15) is 0 Å². The number of hydrogen-bond acceptors (Lipinski definition) is 4. The molecule has 4 rings (SSSR count). The molecule has 0 spiro atoms. The van der Waals surface area contributed by atoms with Gasteiger partial charge in [-0.3, -0.25) is 9.59 Å². The van der Waals surface area contributed by atoms with Crippen molar-refractivity contribution in [3.8, 4) is 5.75 Å². The van der Waals surface area contributed by atoms with Gasteiger partial charge < -0.3 is 10.1 Å². The van der Waals surface area contributed by atoms with Gasteiger partial charge in [-0.05, 0) is 68.3 Å². The van der Waals surface area contributed by atoms with Crippen LogP contribution in [0.15, 0.2) is 78.5 Å². The minimum absolute atomic E-state index is 0.0599. The fourth-order valence-electron chi connectivity index (χ4n) is 3.61. The van der Waals surface area contributed by atoms with E-state index in [2.05, 4.69) is 5.32 Å². The summed E-state index contributed by atoms with van der Waals surface area (Å²) in [6.45, 7) is 5.70. The summed E-state index contributed by atoms with van der Waals surface area (Å²) < 4.78 is 5.69. The Balaban J connectivity index is 1.76. The van der Waals surface area contributed by atoms with E-state index < -0.39 is 11.8 Å². The van der Waals surface area contributed by atoms with Gasteiger partial charge in [0.15, 0.2) is 0 Å². The molecule has 0 saturated carbocycles. The van der Waals surface area contributed by atoms with Crippen molar-refractivity contribution in [1.82, 2.24) is 0 Å². The van der Waals surface area contributed by atoms with E-state index in [1.807, 2.05) is 68.4 Å². The average molecular weight is 447 g/mol. The predicted molar refractivity (Wildman–Crippen MR) is 128 cm³/mol. The van der Waals surface area contributed by atoms with Crippen LogP contribution in [0.1, 0.15) is 25.0 Å². The average Bonchev–Trinajstić information content (AvgIpc) is 3.01. The van der Waals surface area contributed by atoms with E-state index in [9.17, 15) is 9.59 Å². The summed E-state index contributed by atoms with van der Waals surface area (Å²) >= 11 is 6.27. The molecule has 0 saturated heterocycles. The molecule has 3 aromatic rings. The van der Waals surface area contributed by atoms with Crippen LogP contribution in [0.3, 0.4) is 0 Å². The van der Waals surface area contributed by atoms with E-state index in [0.717, 1.165) is 5.75 Å². The first-order valence-corrected chi connectivity index (χ1v) is 10.7. The van der Waals surface area contributed by atoms with Crippen molar-refractivity contribution >= 4 is 40.4 Å². The number of amides is 2. The van der Waals surface area contributed by atoms with Crippen molar-refractivity contribution in [2.24, 2.45) is 0 Å². The van der Waals surface area contributed by atoms with Gasteiger partial charge in [0.25, 0.3) is 11.8 Å². The molecule has 0 aliphatic carbocycles. The van der Waals surface area contributed by atoms with Crippen LogP contribution in [0.4, 0.5) is 11.4 Å². The monoisotopic (exact) mass is 446 g/mol. The Morgan fingerprint density at radius 3 is 2.22 bits per heavy atom. The molecule has 0 radical (unpaired) electrons. The summed E-state index contributed by atoms with van der Waals surface area (Å²) in [6.07, 6.45) is 0.0599. The first-order chi connectivity index (χ1) is 15.4. The number of nitrogens with one attached hydrogen (secondary N) is 1. The van der Waals surface area contributed by atoms with Crippen molar-refractivity contribution in [3.63, 3.8) is 0 Å². The van der Waals surface area contributed by atoms with Crippen molar-refractivity contribution in [2.75, 3.05) is 10.2 Å². The molecule has 2 amide bonds. The van der Waals surface area contributed by atoms with E-state index in [1.165, 1.54) is 4.90 Å². The van der Waals surface area contributed by atoms with E-state index in [4.69, 9.17) is 16.3 Å². The fraction of sp³-hybridized carbons (Fsp3) is 0.154. The highest BCUT2D eigenvalue weighted by Gasteiger charge is 2.40. The lowest BCUT2D eigenvalue weighted by Crippen LogP contribution is -2.33. The third-order valence-corrected chi connectivity index (χ3v) is 5.53. The Morgan fingerprint density at radius 2 is 1.56 bits per heavy atom. The quantitative estimate of drug-likeness (QED) is 0.484. The van der Waals surface area contributed by atoms with Crippen LogP contribution in [-0.2, 0) is 9.59 Å². The van der Waals surface area contributed by atoms with Crippen LogP contribution >= 0.6 is 11.6 Å². The minimum Gasteiger partial charge on any atom is -0.491 e. The maximum atomic E-state index is 13.5. The molecule has 0 unspecified atom stereocenters. The van der Waals surface area contributed by atoms with E-state index in [1.54, 1.807) is 25.1 Å². The number of halogens is 1. The van der Waals surface area contributed by atoms with E-state index >= 15 is 0 Å². The molecule has 162 valence electrons. The van der Waals surface area contributed by atoms with Crippen LogP contribution in [0.25, 0.3) is 5.57 Å². The van der Waals surface area contributed by atoms with Crippen LogP contribution in [0.5, 0.6) is 5.75 Å². The lowest BCUT2D eigenvalue weighted by molar-refractivity contribution is -0.120. The summed E-state index contributed by atoms with van der Waals surface area (Å²) in [5, 5.41) is 3.66. The van der Waals surface area contributed by atoms with Gasteiger partial charge in [0.05, 0.1) is 17.4 Å². The standard InChI is InChI=1S/C26H23ClN2O3/c1-16(2)32-20-14-12-19(13-15-20)28-24-23(18-8-5-4-6-9-18)25(30)29(26(24)31)22-11-7-10-21(27)17(22)3/h4-16,28H,1-3H3. The van der Waals surface area contributed by atoms with Crippen LogP contribution in [-0.4, -0.2) is 17.9 Å². The fourth-order valence-corrected chi connectivity index (χ4v) is 3.78. The smallest absolute Gasteiger partial charge is 0.282 e. The second-order valence-electron chi connectivity index (χ2n) is 7.76. The summed E-state index contributed by atoms with van der Waals surface area (Å²) in [6, 6.07) is 21.6. The molecule has 1 heterocycles. The lowest BCUT2D eigenvalue weighted by atomic mass is 10.0. The topological polar surface area (TPSA) is 58.6 Å². The van der Waals surface area contributed by atoms with Gasteiger partial charge in [0.1, 0.15) is 11.4 Å². The molecular formula is C26H23ClN2O3. The van der Waals surface area contributed by atoms with Gasteiger partial charge in [-0.15, -0.1) is 0 Å². The molecule has 1 aliphatic heterocycles. The number of nitrogens with zero attached hydrogens (tertiary/aromatic N) is 1. The number of rotatable bonds is 6. The number of imide groups is 1. The zero-order valence-electron chi connectivity index (χ0n) is 18.1. The molecule has 32 heavy (non-hydrogen) atoms. The van der Waals surface area contributed by atoms with Crippen LogP contribution in [0.2, 0.25) is 5.02 Å². The zero-order valence-corrected chi connectivity index (χ0v) is 18.8. The van der Waals surface area contributed by atoms with Crippen LogP contribution in [0, 0.1) is 6.92 Å². The third kappa shape index (κ3) is 4.12. The minimum atomic E-state index is -0.429. The number of carbonyl (C=O) groups is 2. The molecule has 3 aromatic carbocycles. The van der Waals surface area contributed by atoms with Gasteiger partial charge in [-0.25, -0.2) is 4.90 Å². The van der Waals surface area contributed by atoms with Crippen molar-refractivity contribution in [3.05, 3.63) is 94.6 Å². The second kappa shape index (κ2) is 8.89. The number of ether oxygens (including phenoxy) is 1. The molecule has 0 fully saturated rings. The first-order valence-electron chi connectivity index (χ1n) is 10.3. The first kappa shape index (κ1) is 21.7. The normalized spacial score (nSPS) is 13.8. The van der Waals surface area contributed by atoms with Crippen molar-refractivity contribution in [2.45, 2.75) is 26.9 Å². The number of carbonyl (C=O) groups excluding carboxylic acids is 2. The van der Waals surface area contributed by atoms with Crippen LogP contribution < -0.4 is 15.0 Å². The number of hydrogen-bond donors (Lipinski definition) is 1. The summed E-state index contributed by atoms with van der Waals surface area (Å²) in [5.74, 6) is -0.0941. The Hall–Kier alpha value is -3.57. The molecule has 1 N–H and O–H groups in total. The van der Waals surface area contributed by atoms with E-state index in [0.29, 0.717) is 33.1 Å². The molecule has 1 aliphatic rings. The Morgan fingerprint density at radius 1 is 0.875 bits per heavy atom. The maximum absolute atomic E-state index is 13.5. The predicted octanol–water partition coefficient (Wildman–Crippen LogP) is 5.83. The molecule has 6 heteroatoms. The SMILES string of the molecule is Cc1c(Cl)cccc1N1C(=O)C(Nc2ccc(OC(C)C)cc2)=C(c2ccccc2)C1=O. The third-order valence-electron chi connectivity index (χ3n) is 5.12. The number of anilines is 2. The van der Waals surface area contributed by atoms with Gasteiger partial charge in [-0.1, -0.05) is 48.0 Å². The second-order valence-corrected chi connectivity index (χ2v) is 8.17. The zero-order chi connectivity index (χ0) is 22.8. The molecule has 0 aromatic heterocycles. The van der Waals surface area contributed by atoms with Crippen molar-refractivity contribution < 1.29 is 14.3 Å². The summed E-state index contributed by atoms with van der Waals surface area (Å²) in [4.78, 5) is 28.2. The molecule has 0 atom stereocenters. The largest absolute Gasteiger partial charge is 0.491 e. The molecular weight excluding hydrogens is 424 g/mol. The maximum Gasteiger partial charge on any atom is 0.282 e. The highest BCUT2D eigenvalue weighted by atomic mass is 35.5. The lowest BCUT2D eigenvalue weighted by Gasteiger charge is -2.18. The van der Waals surface area contributed by atoms with Gasteiger partial charge in [0, 0.05) is 10.7 Å². The Kier molecular flexibility index (Phi) is 6.01. The molecule has 5 nitrogen and oxygen atoms in total. The van der Waals surface area contributed by atoms with E-state index in [-0.39, 0.29) is 11.8 Å². The highest BCUT2D eigenvalue weighted by Crippen LogP contribution is 2.36. The van der Waals surface area contributed by atoms with Crippen molar-refractivity contribution in [1.29, 1.82) is 0 Å². The van der Waals surface area contributed by atoms with Gasteiger partial charge >= 0.3 is 0 Å². The number of benzene rings is 3. The Bertz CT molecular complexity index is 1200. The summed E-state index contributed by atoms with van der Waals surface area (Å²) in [7, 11) is 0. The summed E-state index contributed by atoms with van der Waals surface area (Å²) in [5.41, 5.74) is 3.01. The Labute approximate surface area is 192 Å². The molecule has 0 bridgehead atoms. The highest BCUT2D eigenvalue weighted by molar-refractivity contribution is 6.46. The van der Waals surface area contributed by atoms with Gasteiger partial charge in [0.2, 0.25) is 0 Å².